The molecule has 0 radical (unpaired) electrons. The zero-order valence-electron chi connectivity index (χ0n) is 9.99. The second kappa shape index (κ2) is 4.23. The zero-order chi connectivity index (χ0) is 11.8. The van der Waals surface area contributed by atoms with Crippen LogP contribution in [-0.2, 0) is 4.74 Å². The Morgan fingerprint density at radius 3 is 3.06 bits per heavy atom. The van der Waals surface area contributed by atoms with E-state index in [2.05, 4.69) is 29.1 Å². The van der Waals surface area contributed by atoms with Gasteiger partial charge >= 0.3 is 0 Å². The number of thiophene rings is 1. The molecule has 0 amide bonds. The molecule has 1 unspecified atom stereocenters. The smallest absolute Gasteiger partial charge is 0.138 e. The van der Waals surface area contributed by atoms with E-state index in [1.807, 2.05) is 0 Å². The van der Waals surface area contributed by atoms with Gasteiger partial charge in [-0.2, -0.15) is 0 Å². The molecule has 1 saturated heterocycles. The van der Waals surface area contributed by atoms with Crippen LogP contribution in [0.2, 0.25) is 0 Å². The molecule has 90 valence electrons. The lowest BCUT2D eigenvalue weighted by atomic mass is 10.2. The van der Waals surface area contributed by atoms with Crippen LogP contribution in [0.25, 0.3) is 10.2 Å². The number of hydrogen-bond donors (Lipinski definition) is 1. The summed E-state index contributed by atoms with van der Waals surface area (Å²) < 4.78 is 5.37. The molecular formula is C12H15N3OS. The highest BCUT2D eigenvalue weighted by Crippen LogP contribution is 2.32. The summed E-state index contributed by atoms with van der Waals surface area (Å²) >= 11 is 1.73. The first-order valence-corrected chi connectivity index (χ1v) is 6.62. The number of anilines is 1. The summed E-state index contributed by atoms with van der Waals surface area (Å²) in [6, 6.07) is 0.382. The quantitative estimate of drug-likeness (QED) is 0.888. The van der Waals surface area contributed by atoms with Crippen molar-refractivity contribution in [3.05, 3.63) is 16.8 Å². The van der Waals surface area contributed by atoms with Gasteiger partial charge in [0.05, 0.1) is 18.0 Å². The van der Waals surface area contributed by atoms with E-state index in [4.69, 9.17) is 4.74 Å². The monoisotopic (exact) mass is 249 g/mol. The first-order chi connectivity index (χ1) is 8.25. The third kappa shape index (κ3) is 1.89. The Morgan fingerprint density at radius 1 is 1.41 bits per heavy atom. The van der Waals surface area contributed by atoms with Crippen LogP contribution in [-0.4, -0.2) is 29.2 Å². The maximum absolute atomic E-state index is 5.37. The Morgan fingerprint density at radius 2 is 2.29 bits per heavy atom. The number of fused-ring (bicyclic) bond motifs is 1. The van der Waals surface area contributed by atoms with Crippen LogP contribution in [0.5, 0.6) is 0 Å². The Bertz CT molecular complexity index is 546. The molecule has 2 aromatic heterocycles. The minimum atomic E-state index is 0.382. The Hall–Kier alpha value is -1.20. The fourth-order valence-electron chi connectivity index (χ4n) is 2.13. The molecule has 0 spiro atoms. The fraction of sp³-hybridized carbons (Fsp3) is 0.500. The van der Waals surface area contributed by atoms with Crippen molar-refractivity contribution >= 4 is 27.4 Å². The minimum Gasteiger partial charge on any atom is -0.379 e. The van der Waals surface area contributed by atoms with Crippen molar-refractivity contribution in [2.24, 2.45) is 0 Å². The first-order valence-electron chi connectivity index (χ1n) is 5.80. The number of nitrogens with zero attached hydrogens (tertiary/aromatic N) is 2. The van der Waals surface area contributed by atoms with Crippen molar-refractivity contribution in [1.82, 2.24) is 9.97 Å². The number of aromatic nitrogens is 2. The second-order valence-corrected chi connectivity index (χ2v) is 5.59. The molecule has 0 aliphatic carbocycles. The van der Waals surface area contributed by atoms with Crippen LogP contribution in [0, 0.1) is 13.8 Å². The number of aryl methyl sites for hydroxylation is 2. The van der Waals surface area contributed by atoms with Gasteiger partial charge in [-0.25, -0.2) is 9.97 Å². The number of hydrogen-bond acceptors (Lipinski definition) is 5. The summed E-state index contributed by atoms with van der Waals surface area (Å²) in [7, 11) is 0. The predicted molar refractivity (Wildman–Crippen MR) is 69.7 cm³/mol. The average molecular weight is 249 g/mol. The van der Waals surface area contributed by atoms with E-state index in [1.54, 1.807) is 17.7 Å². The van der Waals surface area contributed by atoms with Crippen molar-refractivity contribution in [3.8, 4) is 0 Å². The normalized spacial score (nSPS) is 20.0. The van der Waals surface area contributed by atoms with Crippen LogP contribution in [0.1, 0.15) is 16.9 Å². The fourth-order valence-corrected chi connectivity index (χ4v) is 3.13. The Balaban J connectivity index is 2.02. The third-order valence-electron chi connectivity index (χ3n) is 3.24. The Kier molecular flexibility index (Phi) is 2.72. The molecule has 2 aromatic rings. The standard InChI is InChI=1S/C12H15N3OS/c1-7-8(2)17-12-10(7)11(13-6-14-12)15-9-3-4-16-5-9/h6,9H,3-5H2,1-2H3,(H,13,14,15). The SMILES string of the molecule is Cc1sc2ncnc(NC3CCOC3)c2c1C. The van der Waals surface area contributed by atoms with Crippen molar-refractivity contribution in [3.63, 3.8) is 0 Å². The molecule has 0 saturated carbocycles. The van der Waals surface area contributed by atoms with E-state index in [0.717, 1.165) is 30.3 Å². The molecule has 1 aliphatic rings. The highest BCUT2D eigenvalue weighted by molar-refractivity contribution is 7.18. The van der Waals surface area contributed by atoms with E-state index < -0.39 is 0 Å². The summed E-state index contributed by atoms with van der Waals surface area (Å²) in [6.45, 7) is 5.87. The van der Waals surface area contributed by atoms with Gasteiger partial charge in [0.25, 0.3) is 0 Å². The maximum Gasteiger partial charge on any atom is 0.138 e. The molecule has 0 bridgehead atoms. The van der Waals surface area contributed by atoms with Crippen LogP contribution in [0.15, 0.2) is 6.33 Å². The summed E-state index contributed by atoms with van der Waals surface area (Å²) in [6.07, 6.45) is 2.68. The van der Waals surface area contributed by atoms with E-state index in [9.17, 15) is 0 Å². The molecule has 3 rings (SSSR count). The largest absolute Gasteiger partial charge is 0.379 e. The maximum atomic E-state index is 5.37. The molecular weight excluding hydrogens is 234 g/mol. The third-order valence-corrected chi connectivity index (χ3v) is 4.35. The van der Waals surface area contributed by atoms with E-state index >= 15 is 0 Å². The van der Waals surface area contributed by atoms with Gasteiger partial charge in [-0.05, 0) is 25.8 Å². The molecule has 17 heavy (non-hydrogen) atoms. The summed E-state index contributed by atoms with van der Waals surface area (Å²) in [5.74, 6) is 0.951. The molecule has 1 N–H and O–H groups in total. The van der Waals surface area contributed by atoms with Gasteiger partial charge < -0.3 is 10.1 Å². The highest BCUT2D eigenvalue weighted by Gasteiger charge is 2.18. The molecule has 0 aromatic carbocycles. The summed E-state index contributed by atoms with van der Waals surface area (Å²) in [5.41, 5.74) is 1.28. The van der Waals surface area contributed by atoms with Crippen molar-refractivity contribution < 1.29 is 4.74 Å². The average Bonchev–Trinajstić information content (AvgIpc) is 2.90. The molecule has 1 aliphatic heterocycles. The van der Waals surface area contributed by atoms with Gasteiger partial charge in [0, 0.05) is 11.5 Å². The van der Waals surface area contributed by atoms with Crippen LogP contribution >= 0.6 is 11.3 Å². The molecule has 4 nitrogen and oxygen atoms in total. The second-order valence-electron chi connectivity index (χ2n) is 4.39. The van der Waals surface area contributed by atoms with Gasteiger partial charge in [-0.1, -0.05) is 0 Å². The number of rotatable bonds is 2. The molecule has 1 atom stereocenters. The lowest BCUT2D eigenvalue weighted by molar-refractivity contribution is 0.195. The van der Waals surface area contributed by atoms with Gasteiger partial charge in [0.1, 0.15) is 17.0 Å². The van der Waals surface area contributed by atoms with Gasteiger partial charge in [0.2, 0.25) is 0 Å². The van der Waals surface area contributed by atoms with Gasteiger partial charge in [0.15, 0.2) is 0 Å². The highest BCUT2D eigenvalue weighted by atomic mass is 32.1. The lowest BCUT2D eigenvalue weighted by Crippen LogP contribution is -2.19. The Labute approximate surface area is 104 Å². The van der Waals surface area contributed by atoms with E-state index in [0.29, 0.717) is 6.04 Å². The van der Waals surface area contributed by atoms with Crippen molar-refractivity contribution in [2.45, 2.75) is 26.3 Å². The van der Waals surface area contributed by atoms with Crippen molar-refractivity contribution in [2.75, 3.05) is 18.5 Å². The topological polar surface area (TPSA) is 47.0 Å². The molecule has 5 heteroatoms. The number of nitrogens with one attached hydrogen (secondary N) is 1. The van der Waals surface area contributed by atoms with Crippen LogP contribution in [0.3, 0.4) is 0 Å². The van der Waals surface area contributed by atoms with Gasteiger partial charge in [-0.15, -0.1) is 11.3 Å². The first kappa shape index (κ1) is 10.9. The summed E-state index contributed by atoms with van der Waals surface area (Å²) in [5, 5.41) is 4.64. The number of ether oxygens (including phenoxy) is 1. The van der Waals surface area contributed by atoms with E-state index in [-0.39, 0.29) is 0 Å². The predicted octanol–water partition coefficient (Wildman–Crippen LogP) is 2.51. The molecule has 1 fully saturated rings. The minimum absolute atomic E-state index is 0.382. The van der Waals surface area contributed by atoms with E-state index in [1.165, 1.54) is 15.8 Å². The van der Waals surface area contributed by atoms with Crippen LogP contribution in [0.4, 0.5) is 5.82 Å². The van der Waals surface area contributed by atoms with Crippen molar-refractivity contribution in [1.29, 1.82) is 0 Å². The zero-order valence-corrected chi connectivity index (χ0v) is 10.8. The van der Waals surface area contributed by atoms with Gasteiger partial charge in [-0.3, -0.25) is 0 Å². The molecule has 3 heterocycles. The van der Waals surface area contributed by atoms with Crippen LogP contribution < -0.4 is 5.32 Å². The summed E-state index contributed by atoms with van der Waals surface area (Å²) in [4.78, 5) is 11.1. The lowest BCUT2D eigenvalue weighted by Gasteiger charge is -2.12.